The summed E-state index contributed by atoms with van der Waals surface area (Å²) in [6.07, 6.45) is 2.28. The molecule has 0 saturated heterocycles. The number of nitrogens with zero attached hydrogens (tertiary/aromatic N) is 1. The van der Waals surface area contributed by atoms with E-state index in [-0.39, 0.29) is 0 Å². The Kier molecular flexibility index (Phi) is 4.11. The highest BCUT2D eigenvalue weighted by molar-refractivity contribution is 7.99. The van der Waals surface area contributed by atoms with Gasteiger partial charge in [0.15, 0.2) is 0 Å². The maximum Gasteiger partial charge on any atom is 0.237 e. The number of hydrogen-bond acceptors (Lipinski definition) is 4. The Labute approximate surface area is 93.4 Å². The molecule has 0 saturated carbocycles. The molecule has 0 bridgehead atoms. The number of aromatic nitrogens is 1. The Hall–Kier alpha value is -1.07. The number of pyridine rings is 1. The van der Waals surface area contributed by atoms with Crippen molar-refractivity contribution in [3.8, 4) is 0 Å². The molecule has 82 valence electrons. The zero-order valence-corrected chi connectivity index (χ0v) is 9.46. The highest BCUT2D eigenvalue weighted by Crippen LogP contribution is 2.18. The molecule has 1 heterocycles. The molecule has 1 atom stereocenters. The number of nitrogens with two attached hydrogens (primary N) is 2. The second kappa shape index (κ2) is 5.14. The van der Waals surface area contributed by atoms with E-state index in [4.69, 9.17) is 11.5 Å². The SMILES string of the molecule is CC(N)(CCSc1ccccn1)C(N)=O. The van der Waals surface area contributed by atoms with Crippen LogP contribution in [0.2, 0.25) is 0 Å². The summed E-state index contributed by atoms with van der Waals surface area (Å²) in [5.41, 5.74) is 9.95. The molecule has 1 unspecified atom stereocenters. The molecular formula is C10H15N3OS. The Morgan fingerprint density at radius 2 is 2.33 bits per heavy atom. The monoisotopic (exact) mass is 225 g/mol. The molecule has 0 radical (unpaired) electrons. The van der Waals surface area contributed by atoms with Crippen LogP contribution in [0.4, 0.5) is 0 Å². The van der Waals surface area contributed by atoms with Gasteiger partial charge in [-0.05, 0) is 25.5 Å². The third kappa shape index (κ3) is 3.89. The fourth-order valence-electron chi connectivity index (χ4n) is 0.923. The van der Waals surface area contributed by atoms with Crippen LogP contribution in [0, 0.1) is 0 Å². The van der Waals surface area contributed by atoms with Crippen molar-refractivity contribution in [1.82, 2.24) is 4.98 Å². The molecule has 1 amide bonds. The van der Waals surface area contributed by atoms with Gasteiger partial charge in [0.1, 0.15) is 0 Å². The molecule has 0 aromatic carbocycles. The maximum atomic E-state index is 10.9. The lowest BCUT2D eigenvalue weighted by Gasteiger charge is -2.19. The summed E-state index contributed by atoms with van der Waals surface area (Å²) < 4.78 is 0. The Bertz CT molecular complexity index is 327. The topological polar surface area (TPSA) is 82.0 Å². The molecule has 5 heteroatoms. The van der Waals surface area contributed by atoms with Crippen molar-refractivity contribution in [2.45, 2.75) is 23.9 Å². The quantitative estimate of drug-likeness (QED) is 0.725. The Morgan fingerprint density at radius 3 is 2.87 bits per heavy atom. The maximum absolute atomic E-state index is 10.9. The van der Waals surface area contributed by atoms with Crippen LogP contribution in [0.15, 0.2) is 29.4 Å². The van der Waals surface area contributed by atoms with Gasteiger partial charge in [0.05, 0.1) is 10.6 Å². The van der Waals surface area contributed by atoms with Crippen molar-refractivity contribution in [3.05, 3.63) is 24.4 Å². The number of amides is 1. The van der Waals surface area contributed by atoms with Gasteiger partial charge >= 0.3 is 0 Å². The number of carbonyl (C=O) groups is 1. The van der Waals surface area contributed by atoms with Gasteiger partial charge in [-0.25, -0.2) is 4.98 Å². The molecule has 0 aliphatic carbocycles. The van der Waals surface area contributed by atoms with Crippen molar-refractivity contribution < 1.29 is 4.79 Å². The average molecular weight is 225 g/mol. The van der Waals surface area contributed by atoms with Crippen molar-refractivity contribution >= 4 is 17.7 Å². The zero-order valence-electron chi connectivity index (χ0n) is 8.64. The lowest BCUT2D eigenvalue weighted by Crippen LogP contribution is -2.49. The Balaban J connectivity index is 2.37. The van der Waals surface area contributed by atoms with E-state index in [0.717, 1.165) is 10.8 Å². The Morgan fingerprint density at radius 1 is 1.60 bits per heavy atom. The smallest absolute Gasteiger partial charge is 0.237 e. The summed E-state index contributed by atoms with van der Waals surface area (Å²) in [6, 6.07) is 5.70. The van der Waals surface area contributed by atoms with Crippen LogP contribution in [0.5, 0.6) is 0 Å². The largest absolute Gasteiger partial charge is 0.368 e. The van der Waals surface area contributed by atoms with E-state index in [1.54, 1.807) is 24.9 Å². The number of hydrogen-bond donors (Lipinski definition) is 2. The van der Waals surface area contributed by atoms with Gasteiger partial charge in [0.25, 0.3) is 0 Å². The van der Waals surface area contributed by atoms with Crippen LogP contribution in [0.25, 0.3) is 0 Å². The second-order valence-electron chi connectivity index (χ2n) is 3.55. The first kappa shape index (κ1) is 12.0. The molecule has 0 spiro atoms. The van der Waals surface area contributed by atoms with E-state index in [9.17, 15) is 4.79 Å². The van der Waals surface area contributed by atoms with E-state index >= 15 is 0 Å². The molecule has 1 aromatic rings. The van der Waals surface area contributed by atoms with Crippen molar-refractivity contribution in [3.63, 3.8) is 0 Å². The zero-order chi connectivity index (χ0) is 11.3. The molecule has 4 nitrogen and oxygen atoms in total. The normalized spacial score (nSPS) is 14.5. The van der Waals surface area contributed by atoms with Gasteiger partial charge in [0, 0.05) is 11.9 Å². The minimum atomic E-state index is -0.929. The first-order chi connectivity index (χ1) is 7.02. The van der Waals surface area contributed by atoms with Gasteiger partial charge in [-0.15, -0.1) is 11.8 Å². The van der Waals surface area contributed by atoms with Crippen LogP contribution in [0.3, 0.4) is 0 Å². The highest BCUT2D eigenvalue weighted by Gasteiger charge is 2.24. The fourth-order valence-corrected chi connectivity index (χ4v) is 1.97. The van der Waals surface area contributed by atoms with Crippen LogP contribution < -0.4 is 11.5 Å². The molecule has 1 aromatic heterocycles. The molecule has 15 heavy (non-hydrogen) atoms. The summed E-state index contributed by atoms with van der Waals surface area (Å²) in [5.74, 6) is 0.261. The van der Waals surface area contributed by atoms with Gasteiger partial charge in [-0.1, -0.05) is 6.07 Å². The van der Waals surface area contributed by atoms with Gasteiger partial charge in [0.2, 0.25) is 5.91 Å². The summed E-state index contributed by atoms with van der Waals surface area (Å²) in [5, 5.41) is 0.928. The number of carbonyl (C=O) groups excluding carboxylic acids is 1. The van der Waals surface area contributed by atoms with E-state index in [1.807, 2.05) is 18.2 Å². The van der Waals surface area contributed by atoms with E-state index < -0.39 is 11.4 Å². The fraction of sp³-hybridized carbons (Fsp3) is 0.400. The standard InChI is InChI=1S/C10H15N3OS/c1-10(12,9(11)14)5-7-15-8-4-2-3-6-13-8/h2-4,6H,5,7,12H2,1H3,(H2,11,14). The summed E-state index contributed by atoms with van der Waals surface area (Å²) >= 11 is 1.57. The van der Waals surface area contributed by atoms with Crippen molar-refractivity contribution in [2.75, 3.05) is 5.75 Å². The first-order valence-electron chi connectivity index (χ1n) is 4.65. The predicted octanol–water partition coefficient (Wildman–Crippen LogP) is 0.766. The third-order valence-corrected chi connectivity index (χ3v) is 3.02. The summed E-state index contributed by atoms with van der Waals surface area (Å²) in [7, 11) is 0. The molecule has 0 fully saturated rings. The van der Waals surface area contributed by atoms with Crippen LogP contribution in [-0.4, -0.2) is 22.2 Å². The van der Waals surface area contributed by atoms with Crippen LogP contribution in [-0.2, 0) is 4.79 Å². The minimum Gasteiger partial charge on any atom is -0.368 e. The number of rotatable bonds is 5. The predicted molar refractivity (Wildman–Crippen MR) is 61.4 cm³/mol. The van der Waals surface area contributed by atoms with Gasteiger partial charge in [-0.3, -0.25) is 4.79 Å². The molecule has 0 aliphatic rings. The van der Waals surface area contributed by atoms with E-state index in [0.29, 0.717) is 6.42 Å². The summed E-state index contributed by atoms with van der Waals surface area (Å²) in [6.45, 7) is 1.65. The second-order valence-corrected chi connectivity index (χ2v) is 4.66. The van der Waals surface area contributed by atoms with Gasteiger partial charge in [-0.2, -0.15) is 0 Å². The van der Waals surface area contributed by atoms with Crippen molar-refractivity contribution in [2.24, 2.45) is 11.5 Å². The van der Waals surface area contributed by atoms with Crippen molar-refractivity contribution in [1.29, 1.82) is 0 Å². The van der Waals surface area contributed by atoms with E-state index in [1.165, 1.54) is 0 Å². The van der Waals surface area contributed by atoms with E-state index in [2.05, 4.69) is 4.98 Å². The molecule has 4 N–H and O–H groups in total. The van der Waals surface area contributed by atoms with Crippen LogP contribution >= 0.6 is 11.8 Å². The number of thioether (sulfide) groups is 1. The van der Waals surface area contributed by atoms with Gasteiger partial charge < -0.3 is 11.5 Å². The first-order valence-corrected chi connectivity index (χ1v) is 5.63. The lowest BCUT2D eigenvalue weighted by atomic mass is 10.0. The lowest BCUT2D eigenvalue weighted by molar-refractivity contribution is -0.122. The molecular weight excluding hydrogens is 210 g/mol. The summed E-state index contributed by atoms with van der Waals surface area (Å²) in [4.78, 5) is 15.1. The average Bonchev–Trinajstić information content (AvgIpc) is 2.19. The molecule has 1 rings (SSSR count). The highest BCUT2D eigenvalue weighted by atomic mass is 32.2. The third-order valence-electron chi connectivity index (χ3n) is 2.07. The number of primary amides is 1. The molecule has 0 aliphatic heterocycles. The minimum absolute atomic E-state index is 0.468. The van der Waals surface area contributed by atoms with Crippen LogP contribution in [0.1, 0.15) is 13.3 Å².